The molecule has 31 heavy (non-hydrogen) atoms. The predicted molar refractivity (Wildman–Crippen MR) is 111 cm³/mol. The lowest BCUT2D eigenvalue weighted by molar-refractivity contribution is -0.302. The van der Waals surface area contributed by atoms with Crippen molar-refractivity contribution < 1.29 is 43.2 Å². The number of esters is 3. The van der Waals surface area contributed by atoms with E-state index in [1.54, 1.807) is 62.3 Å². The molecule has 1 unspecified atom stereocenters. The van der Waals surface area contributed by atoms with Gasteiger partial charge in [0.25, 0.3) is 0 Å². The number of hydrogen-bond acceptors (Lipinski definition) is 9. The zero-order valence-electron chi connectivity index (χ0n) is 20.3. The Morgan fingerprint density at radius 1 is 0.774 bits per heavy atom. The molecule has 1 aliphatic rings. The van der Waals surface area contributed by atoms with E-state index in [9.17, 15) is 19.5 Å². The highest BCUT2D eigenvalue weighted by Gasteiger charge is 2.52. The number of aliphatic hydroxyl groups excluding tert-OH is 1. The molecule has 0 radical (unpaired) electrons. The molecule has 9 heteroatoms. The van der Waals surface area contributed by atoms with Crippen molar-refractivity contribution in [3.05, 3.63) is 0 Å². The summed E-state index contributed by atoms with van der Waals surface area (Å²) in [6.07, 6.45) is -6.13. The molecule has 180 valence electrons. The van der Waals surface area contributed by atoms with Gasteiger partial charge in [0.05, 0.1) is 16.2 Å². The Bertz CT molecular complexity index is 651. The van der Waals surface area contributed by atoms with Crippen molar-refractivity contribution in [2.45, 2.75) is 93.0 Å². The van der Waals surface area contributed by atoms with Crippen molar-refractivity contribution in [2.75, 3.05) is 13.7 Å². The number of carbonyl (C=O) groups excluding carboxylic acids is 3. The Hall–Kier alpha value is -1.71. The van der Waals surface area contributed by atoms with Gasteiger partial charge in [-0.25, -0.2) is 0 Å². The average Bonchev–Trinajstić information content (AvgIpc) is 2.60. The quantitative estimate of drug-likeness (QED) is 0.501. The lowest BCUT2D eigenvalue weighted by Crippen LogP contribution is -2.62. The third-order valence-corrected chi connectivity index (χ3v) is 4.55. The van der Waals surface area contributed by atoms with Gasteiger partial charge in [0.15, 0.2) is 18.5 Å². The van der Waals surface area contributed by atoms with Crippen LogP contribution in [0.2, 0.25) is 0 Å². The van der Waals surface area contributed by atoms with E-state index in [0.29, 0.717) is 0 Å². The van der Waals surface area contributed by atoms with E-state index in [0.717, 1.165) is 0 Å². The minimum atomic E-state index is -1.43. The Balaban J connectivity index is 3.27. The number of methoxy groups -OCH3 is 1. The summed E-state index contributed by atoms with van der Waals surface area (Å²) in [7, 11) is 1.32. The van der Waals surface area contributed by atoms with Gasteiger partial charge in [0, 0.05) is 7.11 Å². The zero-order chi connectivity index (χ0) is 24.4. The fraction of sp³-hybridized carbons (Fsp3) is 0.864. The molecule has 1 N–H and O–H groups in total. The van der Waals surface area contributed by atoms with Gasteiger partial charge < -0.3 is 28.8 Å². The van der Waals surface area contributed by atoms with Crippen molar-refractivity contribution in [2.24, 2.45) is 16.2 Å². The van der Waals surface area contributed by atoms with Crippen molar-refractivity contribution in [1.82, 2.24) is 0 Å². The number of ether oxygens (including phenoxy) is 5. The first-order valence-corrected chi connectivity index (χ1v) is 10.3. The van der Waals surface area contributed by atoms with Crippen LogP contribution in [0.5, 0.6) is 0 Å². The molecular weight excluding hydrogens is 408 g/mol. The number of rotatable bonds is 5. The molecule has 1 rings (SSSR count). The summed E-state index contributed by atoms with van der Waals surface area (Å²) in [5.41, 5.74) is -2.49. The van der Waals surface area contributed by atoms with E-state index >= 15 is 0 Å². The van der Waals surface area contributed by atoms with Gasteiger partial charge >= 0.3 is 17.9 Å². The van der Waals surface area contributed by atoms with Crippen LogP contribution >= 0.6 is 0 Å². The first-order valence-electron chi connectivity index (χ1n) is 10.3. The van der Waals surface area contributed by atoms with Gasteiger partial charge in [-0.2, -0.15) is 0 Å². The number of carbonyl (C=O) groups is 3. The van der Waals surface area contributed by atoms with Crippen molar-refractivity contribution >= 4 is 17.9 Å². The Labute approximate surface area is 184 Å². The van der Waals surface area contributed by atoms with Crippen LogP contribution in [0.4, 0.5) is 0 Å². The van der Waals surface area contributed by atoms with Gasteiger partial charge in [-0.3, -0.25) is 14.4 Å². The maximum Gasteiger partial charge on any atom is 0.311 e. The van der Waals surface area contributed by atoms with Gasteiger partial charge in [-0.05, 0) is 62.3 Å². The van der Waals surface area contributed by atoms with Crippen LogP contribution in [0.15, 0.2) is 0 Å². The summed E-state index contributed by atoms with van der Waals surface area (Å²) >= 11 is 0. The summed E-state index contributed by atoms with van der Waals surface area (Å²) < 4.78 is 27.4. The summed E-state index contributed by atoms with van der Waals surface area (Å²) in [6.45, 7) is 14.8. The molecule has 1 heterocycles. The highest BCUT2D eigenvalue weighted by molar-refractivity contribution is 5.77. The Morgan fingerprint density at radius 2 is 1.19 bits per heavy atom. The molecule has 0 saturated carbocycles. The van der Waals surface area contributed by atoms with Crippen LogP contribution in [0.25, 0.3) is 0 Å². The summed E-state index contributed by atoms with van der Waals surface area (Å²) in [6, 6.07) is 0. The first-order chi connectivity index (χ1) is 13.9. The smallest absolute Gasteiger partial charge is 0.311 e. The number of aliphatic hydroxyl groups is 1. The Morgan fingerprint density at radius 3 is 1.58 bits per heavy atom. The second-order valence-corrected chi connectivity index (χ2v) is 10.9. The zero-order valence-corrected chi connectivity index (χ0v) is 20.3. The van der Waals surface area contributed by atoms with Crippen molar-refractivity contribution in [3.8, 4) is 0 Å². The SMILES string of the molecule is COC1O[C@H](COC(=O)C(C)(C)C)[C@@H](OC(=O)C(C)(C)C)[C@H](OC(=O)C(C)(C)C)[C@H]1O. The van der Waals surface area contributed by atoms with E-state index in [1.807, 2.05) is 0 Å². The highest BCUT2D eigenvalue weighted by atomic mass is 16.7. The van der Waals surface area contributed by atoms with Crippen LogP contribution in [0.3, 0.4) is 0 Å². The molecule has 1 aliphatic heterocycles. The van der Waals surface area contributed by atoms with E-state index in [1.165, 1.54) is 7.11 Å². The average molecular weight is 447 g/mol. The lowest BCUT2D eigenvalue weighted by atomic mass is 9.93. The minimum Gasteiger partial charge on any atom is -0.462 e. The van der Waals surface area contributed by atoms with Crippen molar-refractivity contribution in [3.63, 3.8) is 0 Å². The van der Waals surface area contributed by atoms with Crippen molar-refractivity contribution in [1.29, 1.82) is 0 Å². The maximum atomic E-state index is 12.6. The predicted octanol–water partition coefficient (Wildman–Crippen LogP) is 2.22. The highest BCUT2D eigenvalue weighted by Crippen LogP contribution is 2.31. The third-order valence-electron chi connectivity index (χ3n) is 4.55. The second kappa shape index (κ2) is 9.83. The minimum absolute atomic E-state index is 0.283. The van der Waals surface area contributed by atoms with Gasteiger partial charge in [0.2, 0.25) is 0 Å². The lowest BCUT2D eigenvalue weighted by Gasteiger charge is -2.44. The maximum absolute atomic E-state index is 12.6. The largest absolute Gasteiger partial charge is 0.462 e. The fourth-order valence-corrected chi connectivity index (χ4v) is 2.47. The normalized spacial score (nSPS) is 27.4. The molecule has 0 aromatic rings. The van der Waals surface area contributed by atoms with Gasteiger partial charge in [0.1, 0.15) is 18.8 Å². The number of hydrogen-bond donors (Lipinski definition) is 1. The molecule has 5 atom stereocenters. The standard InChI is InChI=1S/C22H38O9/c1-20(2,3)17(24)28-11-12-14(30-18(25)21(4,5)6)15(13(23)16(27-10)29-12)31-19(26)22(7,8)9/h12-16,23H,11H2,1-10H3/t12-,13-,14-,15-,16?/m1/s1. The molecule has 1 fully saturated rings. The van der Waals surface area contributed by atoms with Crippen LogP contribution in [0, 0.1) is 16.2 Å². The molecule has 0 aromatic heterocycles. The third kappa shape index (κ3) is 7.43. The fourth-order valence-electron chi connectivity index (χ4n) is 2.47. The molecule has 0 amide bonds. The second-order valence-electron chi connectivity index (χ2n) is 10.9. The summed E-state index contributed by atoms with van der Waals surface area (Å²) in [5.74, 6) is -1.68. The molecule has 1 saturated heterocycles. The first kappa shape index (κ1) is 27.3. The molecule has 0 aromatic carbocycles. The topological polar surface area (TPSA) is 118 Å². The van der Waals surface area contributed by atoms with Crippen LogP contribution in [-0.2, 0) is 38.1 Å². The monoisotopic (exact) mass is 446 g/mol. The molecule has 0 bridgehead atoms. The summed E-state index contributed by atoms with van der Waals surface area (Å²) in [4.78, 5) is 37.4. The Kier molecular flexibility index (Phi) is 8.67. The van der Waals surface area contributed by atoms with Gasteiger partial charge in [-0.15, -0.1) is 0 Å². The summed E-state index contributed by atoms with van der Waals surface area (Å²) in [5, 5.41) is 10.7. The molecule has 0 aliphatic carbocycles. The van der Waals surface area contributed by atoms with E-state index < -0.39 is 64.9 Å². The van der Waals surface area contributed by atoms with E-state index in [-0.39, 0.29) is 6.61 Å². The van der Waals surface area contributed by atoms with Gasteiger partial charge in [-0.1, -0.05) is 0 Å². The molecule has 0 spiro atoms. The van der Waals surface area contributed by atoms with E-state index in [4.69, 9.17) is 23.7 Å². The van der Waals surface area contributed by atoms with Crippen LogP contribution < -0.4 is 0 Å². The van der Waals surface area contributed by atoms with Crippen LogP contribution in [0.1, 0.15) is 62.3 Å². The molecule has 9 nitrogen and oxygen atoms in total. The van der Waals surface area contributed by atoms with E-state index in [2.05, 4.69) is 0 Å². The van der Waals surface area contributed by atoms with Crippen LogP contribution in [-0.4, -0.2) is 67.4 Å². The molecular formula is C22H38O9.